The van der Waals surface area contributed by atoms with E-state index >= 15 is 0 Å². The van der Waals surface area contributed by atoms with Gasteiger partial charge in [-0.1, -0.05) is 26.0 Å². The van der Waals surface area contributed by atoms with Crippen LogP contribution in [-0.4, -0.2) is 38.0 Å². The molecule has 1 N–H and O–H groups in total. The quantitative estimate of drug-likeness (QED) is 0.808. The first kappa shape index (κ1) is 15.0. The van der Waals surface area contributed by atoms with Gasteiger partial charge < -0.3 is 14.7 Å². The third-order valence-corrected chi connectivity index (χ3v) is 2.69. The zero-order valence-electron chi connectivity index (χ0n) is 11.9. The van der Waals surface area contributed by atoms with E-state index in [2.05, 4.69) is 43.9 Å². The molecule has 0 radical (unpaired) electrons. The number of nitrogens with zero attached hydrogens (tertiary/aromatic N) is 1. The fraction of sp³-hybridized carbons (Fsp3) is 0.600. The van der Waals surface area contributed by atoms with Crippen molar-refractivity contribution in [2.24, 2.45) is 5.92 Å². The minimum absolute atomic E-state index is 0.397. The first-order chi connectivity index (χ1) is 8.49. The molecule has 0 bridgehead atoms. The van der Waals surface area contributed by atoms with Crippen LogP contribution in [0.15, 0.2) is 24.3 Å². The summed E-state index contributed by atoms with van der Waals surface area (Å²) in [7, 11) is 1.99. The van der Waals surface area contributed by atoms with Gasteiger partial charge in [-0.3, -0.25) is 0 Å². The minimum atomic E-state index is -0.450. The predicted octanol–water partition coefficient (Wildman–Crippen LogP) is 2.46. The van der Waals surface area contributed by atoms with Crippen molar-refractivity contribution in [2.45, 2.75) is 26.9 Å². The minimum Gasteiger partial charge on any atom is -0.389 e. The van der Waals surface area contributed by atoms with Crippen molar-refractivity contribution in [2.75, 3.05) is 31.7 Å². The molecule has 0 heterocycles. The van der Waals surface area contributed by atoms with Gasteiger partial charge in [-0.15, -0.1) is 0 Å². The maximum atomic E-state index is 9.90. The summed E-state index contributed by atoms with van der Waals surface area (Å²) in [6.45, 7) is 7.96. The Labute approximate surface area is 110 Å². The summed E-state index contributed by atoms with van der Waals surface area (Å²) in [5.41, 5.74) is 2.35. The fourth-order valence-electron chi connectivity index (χ4n) is 1.78. The molecule has 1 aromatic carbocycles. The summed E-state index contributed by atoms with van der Waals surface area (Å²) in [6.07, 6.45) is -0.450. The van der Waals surface area contributed by atoms with E-state index in [-0.39, 0.29) is 0 Å². The van der Waals surface area contributed by atoms with Crippen molar-refractivity contribution in [3.8, 4) is 0 Å². The van der Waals surface area contributed by atoms with Gasteiger partial charge in [0, 0.05) is 25.9 Å². The highest BCUT2D eigenvalue weighted by atomic mass is 16.5. The van der Waals surface area contributed by atoms with E-state index in [0.29, 0.717) is 25.7 Å². The Morgan fingerprint density at radius 2 is 2.00 bits per heavy atom. The predicted molar refractivity (Wildman–Crippen MR) is 76.1 cm³/mol. The number of aliphatic hydroxyl groups excluding tert-OH is 1. The highest BCUT2D eigenvalue weighted by Crippen LogP contribution is 2.14. The molecule has 3 nitrogen and oxygen atoms in total. The number of rotatable bonds is 7. The number of anilines is 1. The molecule has 0 fully saturated rings. The second-order valence-electron chi connectivity index (χ2n) is 5.30. The zero-order valence-corrected chi connectivity index (χ0v) is 11.9. The summed E-state index contributed by atoms with van der Waals surface area (Å²) in [5, 5.41) is 9.90. The molecular weight excluding hydrogens is 226 g/mol. The highest BCUT2D eigenvalue weighted by molar-refractivity contribution is 5.47. The molecule has 3 heteroatoms. The van der Waals surface area contributed by atoms with Crippen molar-refractivity contribution >= 4 is 5.69 Å². The number of likely N-dealkylation sites (N-methyl/N-ethyl adjacent to an activating group) is 1. The fourth-order valence-corrected chi connectivity index (χ4v) is 1.78. The summed E-state index contributed by atoms with van der Waals surface area (Å²) >= 11 is 0. The van der Waals surface area contributed by atoms with Crippen molar-refractivity contribution in [1.29, 1.82) is 0 Å². The second kappa shape index (κ2) is 7.39. The maximum Gasteiger partial charge on any atom is 0.0947 e. The van der Waals surface area contributed by atoms with E-state index < -0.39 is 6.10 Å². The van der Waals surface area contributed by atoms with Crippen LogP contribution in [0, 0.1) is 12.8 Å². The third-order valence-electron chi connectivity index (χ3n) is 2.69. The third kappa shape index (κ3) is 5.52. The Bertz CT molecular complexity index is 352. The van der Waals surface area contributed by atoms with Crippen molar-refractivity contribution < 1.29 is 9.84 Å². The van der Waals surface area contributed by atoms with E-state index in [4.69, 9.17) is 4.74 Å². The van der Waals surface area contributed by atoms with Crippen LogP contribution in [0.1, 0.15) is 19.4 Å². The molecule has 1 unspecified atom stereocenters. The molecule has 102 valence electrons. The van der Waals surface area contributed by atoms with Crippen LogP contribution in [0.3, 0.4) is 0 Å². The van der Waals surface area contributed by atoms with Crippen molar-refractivity contribution in [3.05, 3.63) is 29.8 Å². The van der Waals surface area contributed by atoms with Crippen LogP contribution in [-0.2, 0) is 4.74 Å². The second-order valence-corrected chi connectivity index (χ2v) is 5.30. The van der Waals surface area contributed by atoms with Gasteiger partial charge in [0.15, 0.2) is 0 Å². The van der Waals surface area contributed by atoms with Gasteiger partial charge in [0.2, 0.25) is 0 Å². The van der Waals surface area contributed by atoms with Crippen LogP contribution in [0.5, 0.6) is 0 Å². The molecular formula is C15H25NO2. The lowest BCUT2D eigenvalue weighted by atomic mass is 10.2. The Balaban J connectivity index is 2.37. The van der Waals surface area contributed by atoms with Gasteiger partial charge >= 0.3 is 0 Å². The molecule has 0 aliphatic heterocycles. The number of aliphatic hydroxyl groups is 1. The summed E-state index contributed by atoms with van der Waals surface area (Å²) < 4.78 is 5.44. The van der Waals surface area contributed by atoms with Crippen molar-refractivity contribution in [1.82, 2.24) is 0 Å². The smallest absolute Gasteiger partial charge is 0.0947 e. The Morgan fingerprint density at radius 1 is 1.28 bits per heavy atom. The Morgan fingerprint density at radius 3 is 2.61 bits per heavy atom. The van der Waals surface area contributed by atoms with Crippen molar-refractivity contribution in [3.63, 3.8) is 0 Å². The lowest BCUT2D eigenvalue weighted by molar-refractivity contribution is 0.0295. The number of benzene rings is 1. The SMILES string of the molecule is Cc1cccc(N(C)CC(O)COCC(C)C)c1. The van der Waals surface area contributed by atoms with Gasteiger partial charge in [0.05, 0.1) is 12.7 Å². The number of hydrogen-bond donors (Lipinski definition) is 1. The Kier molecular flexibility index (Phi) is 6.16. The van der Waals surface area contributed by atoms with Crippen LogP contribution < -0.4 is 4.90 Å². The van der Waals surface area contributed by atoms with Crippen LogP contribution in [0.4, 0.5) is 5.69 Å². The molecule has 0 aliphatic carbocycles. The van der Waals surface area contributed by atoms with E-state index in [9.17, 15) is 5.11 Å². The van der Waals surface area contributed by atoms with Crippen LogP contribution in [0.25, 0.3) is 0 Å². The van der Waals surface area contributed by atoms with Crippen LogP contribution >= 0.6 is 0 Å². The van der Waals surface area contributed by atoms with E-state index in [1.54, 1.807) is 0 Å². The standard InChI is InChI=1S/C15H25NO2/c1-12(2)10-18-11-15(17)9-16(4)14-7-5-6-13(3)8-14/h5-8,12,15,17H,9-11H2,1-4H3. The lowest BCUT2D eigenvalue weighted by Gasteiger charge is -2.23. The highest BCUT2D eigenvalue weighted by Gasteiger charge is 2.09. The molecule has 0 aromatic heterocycles. The Hall–Kier alpha value is -1.06. The van der Waals surface area contributed by atoms with E-state index in [1.165, 1.54) is 5.56 Å². The van der Waals surface area contributed by atoms with Gasteiger partial charge in [0.25, 0.3) is 0 Å². The molecule has 0 aliphatic rings. The number of hydrogen-bond acceptors (Lipinski definition) is 3. The largest absolute Gasteiger partial charge is 0.389 e. The number of aryl methyl sites for hydroxylation is 1. The number of ether oxygens (including phenoxy) is 1. The molecule has 1 aromatic rings. The van der Waals surface area contributed by atoms with Gasteiger partial charge in [-0.2, -0.15) is 0 Å². The van der Waals surface area contributed by atoms with E-state index in [1.807, 2.05) is 13.1 Å². The van der Waals surface area contributed by atoms with Crippen LogP contribution in [0.2, 0.25) is 0 Å². The summed E-state index contributed by atoms with van der Waals surface area (Å²) in [5.74, 6) is 0.506. The maximum absolute atomic E-state index is 9.90. The molecule has 18 heavy (non-hydrogen) atoms. The van der Waals surface area contributed by atoms with Gasteiger partial charge in [-0.25, -0.2) is 0 Å². The van der Waals surface area contributed by atoms with Gasteiger partial charge in [0.1, 0.15) is 0 Å². The molecule has 0 saturated carbocycles. The average molecular weight is 251 g/mol. The normalized spacial score (nSPS) is 12.8. The first-order valence-corrected chi connectivity index (χ1v) is 6.52. The van der Waals surface area contributed by atoms with Gasteiger partial charge in [-0.05, 0) is 30.5 Å². The lowest BCUT2D eigenvalue weighted by Crippen LogP contribution is -2.32. The topological polar surface area (TPSA) is 32.7 Å². The average Bonchev–Trinajstić information content (AvgIpc) is 2.28. The molecule has 0 spiro atoms. The monoisotopic (exact) mass is 251 g/mol. The molecule has 0 amide bonds. The summed E-state index contributed by atoms with van der Waals surface area (Å²) in [4.78, 5) is 2.05. The molecule has 1 rings (SSSR count). The molecule has 1 atom stereocenters. The zero-order chi connectivity index (χ0) is 13.5. The summed E-state index contributed by atoms with van der Waals surface area (Å²) in [6, 6.07) is 8.26. The first-order valence-electron chi connectivity index (χ1n) is 6.52. The van der Waals surface area contributed by atoms with E-state index in [0.717, 1.165) is 5.69 Å². The molecule has 0 saturated heterocycles.